The molecule has 5 nitrogen and oxygen atoms in total. The van der Waals surface area contributed by atoms with E-state index < -0.39 is 10.0 Å². The van der Waals surface area contributed by atoms with Crippen LogP contribution < -0.4 is 5.32 Å². The van der Waals surface area contributed by atoms with Gasteiger partial charge in [0.2, 0.25) is 10.0 Å². The Hall–Kier alpha value is -2.18. The Balaban J connectivity index is 2.10. The fourth-order valence-electron chi connectivity index (χ4n) is 3.02. The van der Waals surface area contributed by atoms with Gasteiger partial charge >= 0.3 is 0 Å². The quantitative estimate of drug-likeness (QED) is 0.715. The third kappa shape index (κ3) is 5.00. The maximum absolute atomic E-state index is 12.6. The Morgan fingerprint density at radius 3 is 1.86 bits per heavy atom. The minimum absolute atomic E-state index is 0.150. The fraction of sp³-hybridized carbons (Fsp3) is 0.409. The number of benzene rings is 2. The predicted octanol–water partition coefficient (Wildman–Crippen LogP) is 4.33. The van der Waals surface area contributed by atoms with Crippen LogP contribution in [0.25, 0.3) is 0 Å². The molecule has 0 saturated heterocycles. The van der Waals surface area contributed by atoms with E-state index in [2.05, 4.69) is 19.2 Å². The van der Waals surface area contributed by atoms with Crippen molar-refractivity contribution in [2.75, 3.05) is 13.1 Å². The van der Waals surface area contributed by atoms with Crippen molar-refractivity contribution in [3.05, 3.63) is 65.2 Å². The second-order valence-corrected chi connectivity index (χ2v) is 9.07. The van der Waals surface area contributed by atoms with Crippen LogP contribution >= 0.6 is 0 Å². The minimum atomic E-state index is -3.47. The van der Waals surface area contributed by atoms with Crippen molar-refractivity contribution >= 4 is 15.9 Å². The predicted molar refractivity (Wildman–Crippen MR) is 113 cm³/mol. The summed E-state index contributed by atoms with van der Waals surface area (Å²) in [5.41, 5.74) is 2.65. The molecule has 0 heterocycles. The largest absolute Gasteiger partial charge is 0.346 e. The standard InChI is InChI=1S/C22H30N2O3S/c1-6-24(7-2)28(26,27)21-14-12-19(13-15-21)17(5)23-22(25)20-10-8-18(9-11-20)16(3)4/h8-17H,6-7H2,1-5H3,(H,23,25)/t17-/m0/s1. The average Bonchev–Trinajstić information content (AvgIpc) is 2.68. The first-order chi connectivity index (χ1) is 13.2. The Labute approximate surface area is 168 Å². The Morgan fingerprint density at radius 1 is 0.893 bits per heavy atom. The van der Waals surface area contributed by atoms with E-state index >= 15 is 0 Å². The van der Waals surface area contributed by atoms with Crippen LogP contribution in [0.3, 0.4) is 0 Å². The summed E-state index contributed by atoms with van der Waals surface area (Å²) in [5.74, 6) is 0.268. The molecular formula is C22H30N2O3S. The zero-order valence-corrected chi connectivity index (χ0v) is 18.1. The maximum atomic E-state index is 12.6. The number of nitrogens with one attached hydrogen (secondary N) is 1. The number of carbonyl (C=O) groups is 1. The van der Waals surface area contributed by atoms with Crippen LogP contribution in [0.4, 0.5) is 0 Å². The van der Waals surface area contributed by atoms with Crippen molar-refractivity contribution in [2.24, 2.45) is 0 Å². The van der Waals surface area contributed by atoms with Gasteiger partial charge in [-0.05, 0) is 48.2 Å². The van der Waals surface area contributed by atoms with E-state index in [0.717, 1.165) is 5.56 Å². The molecule has 0 aliphatic rings. The van der Waals surface area contributed by atoms with E-state index in [1.165, 1.54) is 9.87 Å². The molecule has 152 valence electrons. The van der Waals surface area contributed by atoms with Crippen molar-refractivity contribution in [1.82, 2.24) is 9.62 Å². The fourth-order valence-corrected chi connectivity index (χ4v) is 4.48. The van der Waals surface area contributed by atoms with Crippen molar-refractivity contribution in [1.29, 1.82) is 0 Å². The van der Waals surface area contributed by atoms with Crippen LogP contribution in [0.15, 0.2) is 53.4 Å². The van der Waals surface area contributed by atoms with E-state index in [0.29, 0.717) is 24.6 Å². The summed E-state index contributed by atoms with van der Waals surface area (Å²) >= 11 is 0. The number of hydrogen-bond acceptors (Lipinski definition) is 3. The zero-order chi connectivity index (χ0) is 20.9. The van der Waals surface area contributed by atoms with Gasteiger partial charge in [-0.3, -0.25) is 4.79 Å². The molecule has 0 radical (unpaired) electrons. The van der Waals surface area contributed by atoms with E-state index in [-0.39, 0.29) is 16.8 Å². The van der Waals surface area contributed by atoms with E-state index in [1.807, 2.05) is 45.0 Å². The molecule has 2 rings (SSSR count). The van der Waals surface area contributed by atoms with Gasteiger partial charge in [0.05, 0.1) is 10.9 Å². The van der Waals surface area contributed by atoms with Crippen LogP contribution in [0, 0.1) is 0 Å². The van der Waals surface area contributed by atoms with E-state index in [1.54, 1.807) is 24.3 Å². The number of amides is 1. The lowest BCUT2D eigenvalue weighted by molar-refractivity contribution is 0.0940. The molecule has 0 spiro atoms. The summed E-state index contributed by atoms with van der Waals surface area (Å²) in [7, 11) is -3.47. The van der Waals surface area contributed by atoms with Gasteiger partial charge < -0.3 is 5.32 Å². The summed E-state index contributed by atoms with van der Waals surface area (Å²) in [4.78, 5) is 12.8. The van der Waals surface area contributed by atoms with Crippen LogP contribution in [0.5, 0.6) is 0 Å². The van der Waals surface area contributed by atoms with Crippen molar-refractivity contribution in [3.8, 4) is 0 Å². The molecule has 0 aliphatic heterocycles. The normalized spacial score (nSPS) is 13.0. The molecule has 2 aromatic carbocycles. The smallest absolute Gasteiger partial charge is 0.251 e. The van der Waals surface area contributed by atoms with Crippen molar-refractivity contribution < 1.29 is 13.2 Å². The van der Waals surface area contributed by atoms with Crippen LogP contribution in [0.1, 0.15) is 68.1 Å². The molecule has 28 heavy (non-hydrogen) atoms. The summed E-state index contributed by atoms with van der Waals surface area (Å²) in [6, 6.07) is 14.1. The zero-order valence-electron chi connectivity index (χ0n) is 17.3. The molecule has 0 saturated carbocycles. The van der Waals surface area contributed by atoms with Crippen LogP contribution in [-0.4, -0.2) is 31.7 Å². The lowest BCUT2D eigenvalue weighted by Gasteiger charge is -2.19. The molecule has 0 aliphatic carbocycles. The second kappa shape index (κ2) is 9.34. The Kier molecular flexibility index (Phi) is 7.38. The molecule has 6 heteroatoms. The average molecular weight is 403 g/mol. The third-order valence-electron chi connectivity index (χ3n) is 4.91. The Bertz CT molecular complexity index is 884. The highest BCUT2D eigenvalue weighted by Crippen LogP contribution is 2.20. The Morgan fingerprint density at radius 2 is 1.39 bits per heavy atom. The molecule has 0 aromatic heterocycles. The van der Waals surface area contributed by atoms with Gasteiger partial charge in [-0.15, -0.1) is 0 Å². The molecule has 2 aromatic rings. The van der Waals surface area contributed by atoms with Crippen molar-refractivity contribution in [2.45, 2.75) is 51.5 Å². The number of sulfonamides is 1. The first kappa shape index (κ1) is 22.1. The van der Waals surface area contributed by atoms with Gasteiger partial charge in [0.15, 0.2) is 0 Å². The van der Waals surface area contributed by atoms with Gasteiger partial charge in [0.1, 0.15) is 0 Å². The molecule has 0 fully saturated rings. The van der Waals surface area contributed by atoms with E-state index in [4.69, 9.17) is 0 Å². The van der Waals surface area contributed by atoms with Gasteiger partial charge in [-0.2, -0.15) is 4.31 Å². The lowest BCUT2D eigenvalue weighted by atomic mass is 10.0. The number of hydrogen-bond donors (Lipinski definition) is 1. The summed E-state index contributed by atoms with van der Waals surface area (Å²) < 4.78 is 26.6. The van der Waals surface area contributed by atoms with Gasteiger partial charge in [0, 0.05) is 18.7 Å². The highest BCUT2D eigenvalue weighted by molar-refractivity contribution is 7.89. The molecule has 0 unspecified atom stereocenters. The summed E-state index contributed by atoms with van der Waals surface area (Å²) in [5, 5.41) is 2.97. The van der Waals surface area contributed by atoms with Crippen molar-refractivity contribution in [3.63, 3.8) is 0 Å². The topological polar surface area (TPSA) is 66.5 Å². The number of carbonyl (C=O) groups excluding carboxylic acids is 1. The van der Waals surface area contributed by atoms with Gasteiger partial charge in [-0.1, -0.05) is 52.0 Å². The molecule has 1 N–H and O–H groups in total. The highest BCUT2D eigenvalue weighted by atomic mass is 32.2. The molecular weight excluding hydrogens is 372 g/mol. The number of rotatable bonds is 8. The minimum Gasteiger partial charge on any atom is -0.346 e. The highest BCUT2D eigenvalue weighted by Gasteiger charge is 2.21. The van der Waals surface area contributed by atoms with Crippen LogP contribution in [-0.2, 0) is 10.0 Å². The second-order valence-electron chi connectivity index (χ2n) is 7.13. The first-order valence-electron chi connectivity index (χ1n) is 9.71. The third-order valence-corrected chi connectivity index (χ3v) is 6.97. The lowest BCUT2D eigenvalue weighted by Crippen LogP contribution is -2.30. The van der Waals surface area contributed by atoms with Gasteiger partial charge in [-0.25, -0.2) is 8.42 Å². The maximum Gasteiger partial charge on any atom is 0.251 e. The molecule has 1 amide bonds. The monoisotopic (exact) mass is 402 g/mol. The van der Waals surface area contributed by atoms with Crippen LogP contribution in [0.2, 0.25) is 0 Å². The molecule has 1 atom stereocenters. The summed E-state index contributed by atoms with van der Waals surface area (Å²) in [6.45, 7) is 10.6. The van der Waals surface area contributed by atoms with E-state index in [9.17, 15) is 13.2 Å². The number of nitrogens with zero attached hydrogens (tertiary/aromatic N) is 1. The molecule has 0 bridgehead atoms. The summed E-state index contributed by atoms with van der Waals surface area (Å²) in [6.07, 6.45) is 0. The SMILES string of the molecule is CCN(CC)S(=O)(=O)c1ccc([C@H](C)NC(=O)c2ccc(C(C)C)cc2)cc1. The first-order valence-corrected chi connectivity index (χ1v) is 11.2. The van der Waals surface area contributed by atoms with Gasteiger partial charge in [0.25, 0.3) is 5.91 Å².